The molecule has 0 bridgehead atoms. The average molecular weight is 261 g/mol. The van der Waals surface area contributed by atoms with Crippen LogP contribution in [0.15, 0.2) is 71.5 Å². The summed E-state index contributed by atoms with van der Waals surface area (Å²) in [5.41, 5.74) is 1.64. The van der Waals surface area contributed by atoms with Gasteiger partial charge in [0.1, 0.15) is 0 Å². The SMILES string of the molecule is O=C(c1ccco1)c1ccc2c3ccccc3ccn12. The van der Waals surface area contributed by atoms with E-state index in [-0.39, 0.29) is 5.78 Å². The van der Waals surface area contributed by atoms with Crippen molar-refractivity contribution in [3.63, 3.8) is 0 Å². The van der Waals surface area contributed by atoms with Crippen LogP contribution in [0, 0.1) is 0 Å². The highest BCUT2D eigenvalue weighted by Gasteiger charge is 2.16. The number of nitrogens with zero attached hydrogens (tertiary/aromatic N) is 1. The first-order valence-electron chi connectivity index (χ1n) is 6.41. The molecule has 4 aromatic rings. The molecule has 3 nitrogen and oxygen atoms in total. The van der Waals surface area contributed by atoms with Gasteiger partial charge in [-0.15, -0.1) is 0 Å². The number of furan rings is 1. The Balaban J connectivity index is 1.98. The van der Waals surface area contributed by atoms with E-state index in [4.69, 9.17) is 4.42 Å². The van der Waals surface area contributed by atoms with Crippen LogP contribution < -0.4 is 0 Å². The second-order valence-corrected chi connectivity index (χ2v) is 4.68. The van der Waals surface area contributed by atoms with Gasteiger partial charge in [0.05, 0.1) is 17.5 Å². The Morgan fingerprint density at radius 1 is 0.950 bits per heavy atom. The Morgan fingerprint density at radius 3 is 2.70 bits per heavy atom. The van der Waals surface area contributed by atoms with Crippen molar-refractivity contribution in [3.05, 3.63) is 78.5 Å². The Bertz CT molecular complexity index is 917. The predicted molar refractivity (Wildman–Crippen MR) is 77.0 cm³/mol. The molecular formula is C17H11NO2. The number of fused-ring (bicyclic) bond motifs is 3. The largest absolute Gasteiger partial charge is 0.461 e. The summed E-state index contributed by atoms with van der Waals surface area (Å²) in [4.78, 5) is 12.4. The molecule has 0 saturated carbocycles. The molecule has 0 aliphatic rings. The number of rotatable bonds is 2. The Kier molecular flexibility index (Phi) is 2.27. The van der Waals surface area contributed by atoms with Crippen molar-refractivity contribution in [2.24, 2.45) is 0 Å². The lowest BCUT2D eigenvalue weighted by atomic mass is 10.1. The lowest BCUT2D eigenvalue weighted by Crippen LogP contribution is -2.03. The maximum Gasteiger partial charge on any atom is 0.244 e. The number of hydrogen-bond donors (Lipinski definition) is 0. The molecule has 3 aromatic heterocycles. The van der Waals surface area contributed by atoms with E-state index in [1.807, 2.05) is 40.9 Å². The number of benzene rings is 1. The van der Waals surface area contributed by atoms with Crippen molar-refractivity contribution in [2.75, 3.05) is 0 Å². The molecule has 3 heteroatoms. The zero-order valence-corrected chi connectivity index (χ0v) is 10.6. The molecule has 0 atom stereocenters. The normalized spacial score (nSPS) is 11.2. The Hall–Kier alpha value is -2.81. The van der Waals surface area contributed by atoms with E-state index in [1.54, 1.807) is 12.1 Å². The Morgan fingerprint density at radius 2 is 1.85 bits per heavy atom. The molecule has 0 aliphatic heterocycles. The number of carbonyl (C=O) groups excluding carboxylic acids is 1. The smallest absolute Gasteiger partial charge is 0.244 e. The number of pyridine rings is 1. The van der Waals surface area contributed by atoms with Crippen molar-refractivity contribution in [3.8, 4) is 0 Å². The van der Waals surface area contributed by atoms with Crippen LogP contribution in [0.2, 0.25) is 0 Å². The van der Waals surface area contributed by atoms with Crippen LogP contribution in [0.3, 0.4) is 0 Å². The van der Waals surface area contributed by atoms with Gasteiger partial charge in [-0.25, -0.2) is 0 Å². The lowest BCUT2D eigenvalue weighted by molar-refractivity contribution is 0.100. The van der Waals surface area contributed by atoms with Crippen LogP contribution in [0.4, 0.5) is 0 Å². The van der Waals surface area contributed by atoms with Gasteiger partial charge in [0.15, 0.2) is 5.76 Å². The lowest BCUT2D eigenvalue weighted by Gasteiger charge is -2.04. The second-order valence-electron chi connectivity index (χ2n) is 4.68. The number of ketones is 1. The van der Waals surface area contributed by atoms with Crippen LogP contribution in [0.25, 0.3) is 16.3 Å². The van der Waals surface area contributed by atoms with E-state index in [0.29, 0.717) is 11.5 Å². The van der Waals surface area contributed by atoms with Crippen molar-refractivity contribution in [1.29, 1.82) is 0 Å². The van der Waals surface area contributed by atoms with Crippen LogP contribution >= 0.6 is 0 Å². The van der Waals surface area contributed by atoms with Gasteiger partial charge < -0.3 is 8.82 Å². The molecule has 96 valence electrons. The first kappa shape index (κ1) is 11.1. The highest BCUT2D eigenvalue weighted by molar-refractivity contribution is 6.08. The third-order valence-corrected chi connectivity index (χ3v) is 3.54. The molecule has 0 spiro atoms. The maximum absolute atomic E-state index is 12.4. The molecular weight excluding hydrogens is 250 g/mol. The van der Waals surface area contributed by atoms with Gasteiger partial charge in [0, 0.05) is 11.6 Å². The van der Waals surface area contributed by atoms with Crippen molar-refractivity contribution < 1.29 is 9.21 Å². The molecule has 0 N–H and O–H groups in total. The minimum atomic E-state index is -0.106. The van der Waals surface area contributed by atoms with Crippen LogP contribution in [-0.4, -0.2) is 10.2 Å². The summed E-state index contributed by atoms with van der Waals surface area (Å²) in [5, 5.41) is 2.29. The maximum atomic E-state index is 12.4. The molecule has 0 aliphatic carbocycles. The zero-order valence-electron chi connectivity index (χ0n) is 10.6. The van der Waals surface area contributed by atoms with E-state index >= 15 is 0 Å². The predicted octanol–water partition coefficient (Wildman–Crippen LogP) is 3.92. The van der Waals surface area contributed by atoms with Crippen LogP contribution in [0.1, 0.15) is 16.2 Å². The number of aromatic nitrogens is 1. The molecule has 3 heterocycles. The monoisotopic (exact) mass is 261 g/mol. The molecule has 0 saturated heterocycles. The topological polar surface area (TPSA) is 34.6 Å². The fourth-order valence-electron chi connectivity index (χ4n) is 2.58. The van der Waals surface area contributed by atoms with Gasteiger partial charge in [-0.2, -0.15) is 0 Å². The van der Waals surface area contributed by atoms with Crippen molar-refractivity contribution in [1.82, 2.24) is 4.40 Å². The third kappa shape index (κ3) is 1.50. The third-order valence-electron chi connectivity index (χ3n) is 3.54. The molecule has 0 amide bonds. The standard InChI is InChI=1S/C17H11NO2/c19-17(16-6-3-11-20-16)15-8-7-14-13-5-2-1-4-12(13)9-10-18(14)15/h1-11H. The highest BCUT2D eigenvalue weighted by Crippen LogP contribution is 2.23. The quantitative estimate of drug-likeness (QED) is 0.513. The summed E-state index contributed by atoms with van der Waals surface area (Å²) in [6.45, 7) is 0. The van der Waals surface area contributed by atoms with Gasteiger partial charge in [0.2, 0.25) is 5.78 Å². The fraction of sp³-hybridized carbons (Fsp3) is 0. The molecule has 0 unspecified atom stereocenters. The molecule has 4 rings (SSSR count). The van der Waals surface area contributed by atoms with E-state index in [2.05, 4.69) is 12.1 Å². The molecule has 1 aromatic carbocycles. The minimum Gasteiger partial charge on any atom is -0.461 e. The summed E-state index contributed by atoms with van der Waals surface area (Å²) >= 11 is 0. The van der Waals surface area contributed by atoms with Crippen LogP contribution in [0.5, 0.6) is 0 Å². The van der Waals surface area contributed by atoms with E-state index in [0.717, 1.165) is 16.3 Å². The van der Waals surface area contributed by atoms with Gasteiger partial charge in [-0.05, 0) is 35.7 Å². The average Bonchev–Trinajstić information content (AvgIpc) is 3.16. The van der Waals surface area contributed by atoms with E-state index in [1.165, 1.54) is 6.26 Å². The summed E-state index contributed by atoms with van der Waals surface area (Å²) in [7, 11) is 0. The molecule has 20 heavy (non-hydrogen) atoms. The summed E-state index contributed by atoms with van der Waals surface area (Å²) in [6, 6.07) is 17.4. The zero-order chi connectivity index (χ0) is 13.5. The number of carbonyl (C=O) groups is 1. The van der Waals surface area contributed by atoms with Crippen LogP contribution in [-0.2, 0) is 0 Å². The van der Waals surface area contributed by atoms with E-state index in [9.17, 15) is 4.79 Å². The van der Waals surface area contributed by atoms with Gasteiger partial charge in [-0.1, -0.05) is 24.3 Å². The summed E-state index contributed by atoms with van der Waals surface area (Å²) in [6.07, 6.45) is 3.44. The van der Waals surface area contributed by atoms with Crippen molar-refractivity contribution >= 4 is 22.1 Å². The second kappa shape index (κ2) is 4.10. The Labute approximate surface area is 115 Å². The van der Waals surface area contributed by atoms with E-state index < -0.39 is 0 Å². The first-order valence-corrected chi connectivity index (χ1v) is 6.41. The van der Waals surface area contributed by atoms with Crippen molar-refractivity contribution in [2.45, 2.75) is 0 Å². The number of hydrogen-bond acceptors (Lipinski definition) is 2. The van der Waals surface area contributed by atoms with Gasteiger partial charge in [0.25, 0.3) is 0 Å². The first-order chi connectivity index (χ1) is 9.84. The van der Waals surface area contributed by atoms with Gasteiger partial charge >= 0.3 is 0 Å². The minimum absolute atomic E-state index is 0.106. The summed E-state index contributed by atoms with van der Waals surface area (Å²) in [5.74, 6) is 0.253. The fourth-order valence-corrected chi connectivity index (χ4v) is 2.58. The molecule has 0 fully saturated rings. The highest BCUT2D eigenvalue weighted by atomic mass is 16.3. The summed E-state index contributed by atoms with van der Waals surface area (Å²) < 4.78 is 7.10. The molecule has 0 radical (unpaired) electrons. The van der Waals surface area contributed by atoms with Gasteiger partial charge in [-0.3, -0.25) is 4.79 Å².